The van der Waals surface area contributed by atoms with E-state index in [0.717, 1.165) is 0 Å². The smallest absolute Gasteiger partial charge is 0.318 e. The molecule has 2 rings (SSSR count). The second-order valence-corrected chi connectivity index (χ2v) is 5.61. The lowest BCUT2D eigenvalue weighted by molar-refractivity contribution is 0.244. The molecular formula is C17H23FN2O. The molecule has 1 saturated carbocycles. The van der Waals surface area contributed by atoms with Crippen molar-refractivity contribution in [3.63, 3.8) is 0 Å². The molecule has 0 aliphatic heterocycles. The van der Waals surface area contributed by atoms with Gasteiger partial charge in [0.05, 0.1) is 0 Å². The lowest BCUT2D eigenvalue weighted by atomic mass is 10.0. The highest BCUT2D eigenvalue weighted by Crippen LogP contribution is 2.30. The number of urea groups is 1. The number of allylic oxidation sites excluding steroid dienone is 1. The Bertz CT molecular complexity index is 507. The van der Waals surface area contributed by atoms with Crippen molar-refractivity contribution in [2.24, 2.45) is 5.92 Å². The zero-order valence-electron chi connectivity index (χ0n) is 12.5. The maximum absolute atomic E-state index is 13.4. The topological polar surface area (TPSA) is 41.1 Å². The summed E-state index contributed by atoms with van der Waals surface area (Å²) in [6.45, 7) is 2.48. The molecule has 2 amide bonds. The number of carbonyl (C=O) groups is 1. The molecule has 3 nitrogen and oxygen atoms in total. The zero-order valence-corrected chi connectivity index (χ0v) is 12.5. The highest BCUT2D eigenvalue weighted by molar-refractivity contribution is 5.74. The second kappa shape index (κ2) is 7.81. The minimum Gasteiger partial charge on any atom is -0.338 e. The molecule has 4 heteroatoms. The molecule has 0 saturated heterocycles. The van der Waals surface area contributed by atoms with Crippen molar-refractivity contribution in [3.8, 4) is 0 Å². The summed E-state index contributed by atoms with van der Waals surface area (Å²) >= 11 is 0. The van der Waals surface area contributed by atoms with Crippen LogP contribution in [0, 0.1) is 11.7 Å². The molecule has 1 aliphatic carbocycles. The summed E-state index contributed by atoms with van der Waals surface area (Å²) in [5.74, 6) is 0.389. The van der Waals surface area contributed by atoms with Gasteiger partial charge in [-0.05, 0) is 43.7 Å². The minimum absolute atomic E-state index is 0.225. The number of carbonyl (C=O) groups excluding carboxylic acids is 1. The average molecular weight is 290 g/mol. The molecule has 0 radical (unpaired) electrons. The van der Waals surface area contributed by atoms with E-state index in [0.29, 0.717) is 24.4 Å². The number of hydrogen-bond donors (Lipinski definition) is 2. The van der Waals surface area contributed by atoms with Gasteiger partial charge in [0.25, 0.3) is 0 Å². The van der Waals surface area contributed by atoms with Crippen LogP contribution in [0.5, 0.6) is 0 Å². The van der Waals surface area contributed by atoms with Crippen molar-refractivity contribution < 1.29 is 9.18 Å². The van der Waals surface area contributed by atoms with Crippen molar-refractivity contribution in [3.05, 3.63) is 47.4 Å². The quantitative estimate of drug-likeness (QED) is 0.851. The summed E-state index contributed by atoms with van der Waals surface area (Å²) < 4.78 is 13.4. The van der Waals surface area contributed by atoms with Crippen LogP contribution in [0.2, 0.25) is 0 Å². The Labute approximate surface area is 125 Å². The van der Waals surface area contributed by atoms with Crippen LogP contribution >= 0.6 is 0 Å². The third-order valence-corrected chi connectivity index (χ3v) is 4.07. The van der Waals surface area contributed by atoms with E-state index in [9.17, 15) is 9.18 Å². The second-order valence-electron chi connectivity index (χ2n) is 5.61. The average Bonchev–Trinajstić information content (AvgIpc) is 3.01. The molecule has 0 bridgehead atoms. The number of amides is 2. The maximum Gasteiger partial charge on any atom is 0.318 e. The molecule has 0 aromatic heterocycles. The Hall–Kier alpha value is -1.84. The van der Waals surface area contributed by atoms with Crippen LogP contribution in [0.15, 0.2) is 36.0 Å². The van der Waals surface area contributed by atoms with Gasteiger partial charge < -0.3 is 10.6 Å². The van der Waals surface area contributed by atoms with Crippen molar-refractivity contribution in [1.82, 2.24) is 10.6 Å². The van der Waals surface area contributed by atoms with Gasteiger partial charge >= 0.3 is 6.03 Å². The summed E-state index contributed by atoms with van der Waals surface area (Å²) in [4.78, 5) is 11.7. The third kappa shape index (κ3) is 4.88. The van der Waals surface area contributed by atoms with Gasteiger partial charge in [0.1, 0.15) is 5.82 Å². The molecule has 0 heterocycles. The Kier molecular flexibility index (Phi) is 5.78. The Balaban J connectivity index is 1.70. The van der Waals surface area contributed by atoms with Crippen LogP contribution in [-0.4, -0.2) is 12.6 Å². The standard InChI is InChI=1S/C17H23FN2O/c1-13(14-6-2-3-7-14)12-20-17(21)19-11-10-15-8-4-5-9-16(15)18/h4-5,8-9,12,14H,2-3,6-7,10-11H2,1H3,(H2,19,20,21)/b13-12+. The van der Waals surface area contributed by atoms with Gasteiger partial charge in [-0.3, -0.25) is 0 Å². The van der Waals surface area contributed by atoms with Crippen LogP contribution in [-0.2, 0) is 6.42 Å². The molecular weight excluding hydrogens is 267 g/mol. The predicted octanol–water partition coefficient (Wildman–Crippen LogP) is 3.76. The summed E-state index contributed by atoms with van der Waals surface area (Å²) in [6.07, 6.45) is 7.30. The van der Waals surface area contributed by atoms with Gasteiger partial charge in [0, 0.05) is 12.7 Å². The zero-order chi connectivity index (χ0) is 15.1. The molecule has 21 heavy (non-hydrogen) atoms. The van der Waals surface area contributed by atoms with Gasteiger partial charge in [-0.1, -0.05) is 36.6 Å². The van der Waals surface area contributed by atoms with Crippen molar-refractivity contribution in [2.75, 3.05) is 6.54 Å². The van der Waals surface area contributed by atoms with Gasteiger partial charge in [-0.15, -0.1) is 0 Å². The first-order valence-corrected chi connectivity index (χ1v) is 7.61. The molecule has 0 atom stereocenters. The van der Waals surface area contributed by atoms with E-state index in [2.05, 4.69) is 17.6 Å². The lowest BCUT2D eigenvalue weighted by Crippen LogP contribution is -2.34. The van der Waals surface area contributed by atoms with Crippen molar-refractivity contribution in [2.45, 2.75) is 39.0 Å². The largest absolute Gasteiger partial charge is 0.338 e. The first-order chi connectivity index (χ1) is 10.2. The fourth-order valence-electron chi connectivity index (χ4n) is 2.74. The molecule has 1 aromatic carbocycles. The Morgan fingerprint density at radius 1 is 1.33 bits per heavy atom. The number of nitrogens with one attached hydrogen (secondary N) is 2. The normalized spacial score (nSPS) is 16.0. The first kappa shape index (κ1) is 15.5. The van der Waals surface area contributed by atoms with Crippen LogP contribution < -0.4 is 10.6 Å². The van der Waals surface area contributed by atoms with E-state index in [1.807, 2.05) is 0 Å². The number of halogens is 1. The molecule has 1 aliphatic rings. The van der Waals surface area contributed by atoms with Gasteiger partial charge in [0.15, 0.2) is 0 Å². The molecule has 0 unspecified atom stereocenters. The van der Waals surface area contributed by atoms with Crippen LogP contribution in [0.1, 0.15) is 38.2 Å². The van der Waals surface area contributed by atoms with E-state index in [4.69, 9.17) is 0 Å². The highest BCUT2D eigenvalue weighted by atomic mass is 19.1. The van der Waals surface area contributed by atoms with E-state index in [1.54, 1.807) is 24.4 Å². The third-order valence-electron chi connectivity index (χ3n) is 4.07. The summed E-state index contributed by atoms with van der Waals surface area (Å²) in [5, 5.41) is 5.50. The molecule has 0 spiro atoms. The van der Waals surface area contributed by atoms with Crippen LogP contribution in [0.4, 0.5) is 9.18 Å². The SMILES string of the molecule is C/C(=C\NC(=O)NCCc1ccccc1F)C1CCCC1. The van der Waals surface area contributed by atoms with Crippen molar-refractivity contribution >= 4 is 6.03 Å². The Morgan fingerprint density at radius 3 is 2.76 bits per heavy atom. The summed E-state index contributed by atoms with van der Waals surface area (Å²) in [5.41, 5.74) is 1.85. The maximum atomic E-state index is 13.4. The fourth-order valence-corrected chi connectivity index (χ4v) is 2.74. The van der Waals surface area contributed by atoms with E-state index >= 15 is 0 Å². The molecule has 1 aromatic rings. The number of benzene rings is 1. The van der Waals surface area contributed by atoms with E-state index in [-0.39, 0.29) is 11.8 Å². The minimum atomic E-state index is -0.233. The van der Waals surface area contributed by atoms with E-state index < -0.39 is 0 Å². The van der Waals surface area contributed by atoms with Crippen LogP contribution in [0.3, 0.4) is 0 Å². The monoisotopic (exact) mass is 290 g/mol. The van der Waals surface area contributed by atoms with Crippen LogP contribution in [0.25, 0.3) is 0 Å². The number of hydrogen-bond acceptors (Lipinski definition) is 1. The predicted molar refractivity (Wildman–Crippen MR) is 82.4 cm³/mol. The van der Waals surface area contributed by atoms with Gasteiger partial charge in [-0.25, -0.2) is 9.18 Å². The van der Waals surface area contributed by atoms with E-state index in [1.165, 1.54) is 37.3 Å². The first-order valence-electron chi connectivity index (χ1n) is 7.61. The summed E-state index contributed by atoms with van der Waals surface area (Å²) in [6, 6.07) is 6.40. The lowest BCUT2D eigenvalue weighted by Gasteiger charge is -2.10. The molecule has 2 N–H and O–H groups in total. The van der Waals surface area contributed by atoms with Gasteiger partial charge in [-0.2, -0.15) is 0 Å². The summed E-state index contributed by atoms with van der Waals surface area (Å²) in [7, 11) is 0. The molecule has 114 valence electrons. The fraction of sp³-hybridized carbons (Fsp3) is 0.471. The molecule has 1 fully saturated rings. The Morgan fingerprint density at radius 2 is 2.05 bits per heavy atom. The van der Waals surface area contributed by atoms with Gasteiger partial charge in [0.2, 0.25) is 0 Å². The van der Waals surface area contributed by atoms with Crippen molar-refractivity contribution in [1.29, 1.82) is 0 Å². The highest BCUT2D eigenvalue weighted by Gasteiger charge is 2.16. The number of rotatable bonds is 5.